The number of thiophene rings is 1. The lowest BCUT2D eigenvalue weighted by Gasteiger charge is -2.09. The van der Waals surface area contributed by atoms with Gasteiger partial charge in [-0.1, -0.05) is 58.4 Å². The van der Waals surface area contributed by atoms with E-state index in [4.69, 9.17) is 0 Å². The van der Waals surface area contributed by atoms with E-state index in [2.05, 4.69) is 77.5 Å². The number of rotatable bonds is 4. The third-order valence-corrected chi connectivity index (χ3v) is 6.34. The average molecular weight is 437 g/mol. The summed E-state index contributed by atoms with van der Waals surface area (Å²) in [5.74, 6) is -0.198. The van der Waals surface area contributed by atoms with Crippen LogP contribution >= 0.6 is 27.3 Å². The minimum Gasteiger partial charge on any atom is -0.207 e. The predicted molar refractivity (Wildman–Crippen MR) is 117 cm³/mol. The molecule has 1 heterocycles. The summed E-state index contributed by atoms with van der Waals surface area (Å²) in [5, 5.41) is 0. The van der Waals surface area contributed by atoms with Gasteiger partial charge in [-0.2, -0.15) is 0 Å². The van der Waals surface area contributed by atoms with Crippen molar-refractivity contribution in [1.82, 2.24) is 0 Å². The van der Waals surface area contributed by atoms with Crippen LogP contribution in [0.25, 0.3) is 21.6 Å². The van der Waals surface area contributed by atoms with E-state index in [1.54, 1.807) is 11.3 Å². The number of hydrogen-bond acceptors (Lipinski definition) is 1. The zero-order chi connectivity index (χ0) is 18.8. The summed E-state index contributed by atoms with van der Waals surface area (Å²) in [7, 11) is 0. The van der Waals surface area contributed by atoms with Crippen molar-refractivity contribution >= 4 is 27.3 Å². The summed E-state index contributed by atoms with van der Waals surface area (Å²) in [4.78, 5) is 2.48. The minimum absolute atomic E-state index is 0.198. The van der Waals surface area contributed by atoms with Crippen molar-refractivity contribution in [3.63, 3.8) is 0 Å². The lowest BCUT2D eigenvalue weighted by molar-refractivity contribution is 0.628. The van der Waals surface area contributed by atoms with E-state index in [-0.39, 0.29) is 5.82 Å². The number of halogens is 2. The Kier molecular flexibility index (Phi) is 5.24. The summed E-state index contributed by atoms with van der Waals surface area (Å²) >= 11 is 5.26. The lowest BCUT2D eigenvalue weighted by Crippen LogP contribution is -1.91. The average Bonchev–Trinajstić information content (AvgIpc) is 3.13. The van der Waals surface area contributed by atoms with Crippen LogP contribution in [0, 0.1) is 12.7 Å². The first-order valence-corrected chi connectivity index (χ1v) is 10.4. The Hall–Kier alpha value is -2.23. The molecule has 0 nitrogen and oxygen atoms in total. The van der Waals surface area contributed by atoms with Gasteiger partial charge in [-0.3, -0.25) is 0 Å². The molecular formula is C24H18BrFS. The topological polar surface area (TPSA) is 0 Å². The molecule has 4 rings (SSSR count). The van der Waals surface area contributed by atoms with Gasteiger partial charge >= 0.3 is 0 Å². The van der Waals surface area contributed by atoms with Crippen LogP contribution in [0.5, 0.6) is 0 Å². The first-order valence-electron chi connectivity index (χ1n) is 8.78. The van der Waals surface area contributed by atoms with Gasteiger partial charge in [0.1, 0.15) is 5.82 Å². The molecule has 0 unspecified atom stereocenters. The molecule has 0 amide bonds. The Morgan fingerprint density at radius 2 is 1.44 bits per heavy atom. The summed E-state index contributed by atoms with van der Waals surface area (Å²) in [5.41, 5.74) is 6.15. The largest absolute Gasteiger partial charge is 0.207 e. The molecule has 0 fully saturated rings. The first-order chi connectivity index (χ1) is 13.1. The maximum atomic E-state index is 13.1. The Labute approximate surface area is 171 Å². The number of benzene rings is 3. The molecule has 3 aromatic carbocycles. The molecule has 0 aliphatic heterocycles. The van der Waals surface area contributed by atoms with E-state index in [1.165, 1.54) is 44.1 Å². The van der Waals surface area contributed by atoms with Crippen LogP contribution < -0.4 is 0 Å². The van der Waals surface area contributed by atoms with E-state index >= 15 is 0 Å². The second-order valence-corrected chi connectivity index (χ2v) is 8.68. The fourth-order valence-electron chi connectivity index (χ4n) is 3.11. The van der Waals surface area contributed by atoms with Crippen molar-refractivity contribution in [2.75, 3.05) is 0 Å². The molecule has 0 bridgehead atoms. The van der Waals surface area contributed by atoms with Crippen LogP contribution in [0.1, 0.15) is 16.0 Å². The van der Waals surface area contributed by atoms with Crippen LogP contribution in [0.4, 0.5) is 4.39 Å². The van der Waals surface area contributed by atoms with Gasteiger partial charge in [-0.15, -0.1) is 11.3 Å². The highest BCUT2D eigenvalue weighted by molar-refractivity contribution is 9.10. The molecule has 27 heavy (non-hydrogen) atoms. The smallest absolute Gasteiger partial charge is 0.123 e. The van der Waals surface area contributed by atoms with E-state index in [0.717, 1.165) is 16.5 Å². The third-order valence-electron chi connectivity index (χ3n) is 4.68. The van der Waals surface area contributed by atoms with E-state index < -0.39 is 0 Å². The van der Waals surface area contributed by atoms with Gasteiger partial charge in [0.15, 0.2) is 0 Å². The Balaban J connectivity index is 1.60. The van der Waals surface area contributed by atoms with E-state index in [1.807, 2.05) is 12.1 Å². The number of hydrogen-bond donors (Lipinski definition) is 0. The molecule has 1 aromatic heterocycles. The normalized spacial score (nSPS) is 10.9. The quantitative estimate of drug-likeness (QED) is 0.305. The molecule has 134 valence electrons. The third kappa shape index (κ3) is 4.20. The maximum Gasteiger partial charge on any atom is 0.123 e. The van der Waals surface area contributed by atoms with Gasteiger partial charge in [-0.25, -0.2) is 4.39 Å². The Bertz CT molecular complexity index is 1060. The highest BCUT2D eigenvalue weighted by atomic mass is 79.9. The standard InChI is InChI=1S/C24H18BrFS/c1-16-2-3-19(17-4-8-21(25)9-5-17)14-20(16)15-23-12-13-24(27-23)18-6-10-22(26)11-7-18/h2-14H,15H2,1H3. The molecule has 0 atom stereocenters. The fraction of sp³-hybridized carbons (Fsp3) is 0.0833. The predicted octanol–water partition coefficient (Wildman–Crippen LogP) is 7.88. The van der Waals surface area contributed by atoms with Crippen LogP contribution in [0.2, 0.25) is 0 Å². The Morgan fingerprint density at radius 3 is 2.19 bits per heavy atom. The molecule has 0 radical (unpaired) electrons. The van der Waals surface area contributed by atoms with Gasteiger partial charge in [0.2, 0.25) is 0 Å². The highest BCUT2D eigenvalue weighted by Gasteiger charge is 2.08. The summed E-state index contributed by atoms with van der Waals surface area (Å²) in [6.45, 7) is 2.16. The molecule has 0 aliphatic carbocycles. The highest BCUT2D eigenvalue weighted by Crippen LogP contribution is 2.31. The van der Waals surface area contributed by atoms with E-state index in [0.29, 0.717) is 0 Å². The van der Waals surface area contributed by atoms with Gasteiger partial charge in [0, 0.05) is 20.6 Å². The van der Waals surface area contributed by atoms with Gasteiger partial charge < -0.3 is 0 Å². The molecule has 0 N–H and O–H groups in total. The summed E-state index contributed by atoms with van der Waals surface area (Å²) < 4.78 is 14.2. The van der Waals surface area contributed by atoms with Crippen molar-refractivity contribution in [2.45, 2.75) is 13.3 Å². The molecule has 0 spiro atoms. The second kappa shape index (κ2) is 7.79. The SMILES string of the molecule is Cc1ccc(-c2ccc(Br)cc2)cc1Cc1ccc(-c2ccc(F)cc2)s1. The van der Waals surface area contributed by atoms with Crippen LogP contribution in [-0.4, -0.2) is 0 Å². The lowest BCUT2D eigenvalue weighted by atomic mass is 9.98. The first kappa shape index (κ1) is 18.1. The molecule has 0 aliphatic rings. The van der Waals surface area contributed by atoms with Crippen molar-refractivity contribution in [2.24, 2.45) is 0 Å². The molecule has 4 aromatic rings. The zero-order valence-electron chi connectivity index (χ0n) is 14.9. The van der Waals surface area contributed by atoms with Gasteiger partial charge in [0.05, 0.1) is 0 Å². The van der Waals surface area contributed by atoms with Crippen LogP contribution in [-0.2, 0) is 6.42 Å². The molecular weight excluding hydrogens is 419 g/mol. The minimum atomic E-state index is -0.198. The van der Waals surface area contributed by atoms with Crippen molar-refractivity contribution in [1.29, 1.82) is 0 Å². The molecule has 0 saturated carbocycles. The van der Waals surface area contributed by atoms with E-state index in [9.17, 15) is 4.39 Å². The summed E-state index contributed by atoms with van der Waals surface area (Å²) in [6, 6.07) is 26.1. The van der Waals surface area contributed by atoms with Gasteiger partial charge in [-0.05, 0) is 71.1 Å². The second-order valence-electron chi connectivity index (χ2n) is 6.60. The van der Waals surface area contributed by atoms with Crippen LogP contribution in [0.3, 0.4) is 0 Å². The van der Waals surface area contributed by atoms with Gasteiger partial charge in [0.25, 0.3) is 0 Å². The van der Waals surface area contributed by atoms with Crippen LogP contribution in [0.15, 0.2) is 83.3 Å². The number of aryl methyl sites for hydroxylation is 1. The summed E-state index contributed by atoms with van der Waals surface area (Å²) in [6.07, 6.45) is 0.905. The molecule has 3 heteroatoms. The Morgan fingerprint density at radius 1 is 0.778 bits per heavy atom. The molecule has 0 saturated heterocycles. The van der Waals surface area contributed by atoms with Crippen molar-refractivity contribution in [3.05, 3.63) is 105 Å². The fourth-order valence-corrected chi connectivity index (χ4v) is 4.41. The maximum absolute atomic E-state index is 13.1. The zero-order valence-corrected chi connectivity index (χ0v) is 17.3. The van der Waals surface area contributed by atoms with Crippen molar-refractivity contribution < 1.29 is 4.39 Å². The monoisotopic (exact) mass is 436 g/mol. The van der Waals surface area contributed by atoms with Crippen molar-refractivity contribution in [3.8, 4) is 21.6 Å².